The number of pyridine rings is 2. The fourth-order valence-corrected chi connectivity index (χ4v) is 1.53. The molecule has 0 fully saturated rings. The summed E-state index contributed by atoms with van der Waals surface area (Å²) in [6, 6.07) is 5.01. The zero-order valence-corrected chi connectivity index (χ0v) is 9.93. The Labute approximate surface area is 104 Å². The zero-order chi connectivity index (χ0) is 13.0. The maximum Gasteiger partial charge on any atom is 0.257 e. The van der Waals surface area contributed by atoms with Gasteiger partial charge in [-0.25, -0.2) is 0 Å². The maximum absolute atomic E-state index is 11.8. The standard InChI is InChI=1S/C13H13N3O2/c1-9-6-12(17)11(8-15-9)13(18)16-7-10-2-4-14-5-3-10/h2-6,8H,7H2,1H3,(H,15,17)(H,16,18). The lowest BCUT2D eigenvalue weighted by Crippen LogP contribution is -2.28. The van der Waals surface area contributed by atoms with Crippen LogP contribution in [-0.4, -0.2) is 15.9 Å². The van der Waals surface area contributed by atoms with Gasteiger partial charge < -0.3 is 10.3 Å². The summed E-state index contributed by atoms with van der Waals surface area (Å²) >= 11 is 0. The van der Waals surface area contributed by atoms with Crippen LogP contribution in [0.4, 0.5) is 0 Å². The molecule has 0 atom stereocenters. The van der Waals surface area contributed by atoms with Gasteiger partial charge in [-0.2, -0.15) is 0 Å². The van der Waals surface area contributed by atoms with Gasteiger partial charge in [0.1, 0.15) is 5.56 Å². The molecule has 0 saturated heterocycles. The summed E-state index contributed by atoms with van der Waals surface area (Å²) in [5, 5.41) is 2.69. The second-order valence-corrected chi connectivity index (χ2v) is 3.93. The molecule has 0 unspecified atom stereocenters. The number of carbonyl (C=O) groups is 1. The first-order chi connectivity index (χ1) is 8.66. The molecule has 92 valence electrons. The second-order valence-electron chi connectivity index (χ2n) is 3.93. The molecular weight excluding hydrogens is 230 g/mol. The number of aromatic amines is 1. The van der Waals surface area contributed by atoms with Crippen molar-refractivity contribution in [1.82, 2.24) is 15.3 Å². The van der Waals surface area contributed by atoms with E-state index in [1.165, 1.54) is 12.3 Å². The molecule has 2 heterocycles. The molecule has 0 spiro atoms. The predicted octanol–water partition coefficient (Wildman–Crippen LogP) is 1.01. The van der Waals surface area contributed by atoms with E-state index in [2.05, 4.69) is 15.3 Å². The minimum atomic E-state index is -0.381. The van der Waals surface area contributed by atoms with Gasteiger partial charge in [0.05, 0.1) is 0 Å². The molecule has 18 heavy (non-hydrogen) atoms. The number of nitrogens with zero attached hydrogens (tertiary/aromatic N) is 1. The molecule has 5 nitrogen and oxygen atoms in total. The van der Waals surface area contributed by atoms with Gasteiger partial charge in [-0.05, 0) is 24.6 Å². The van der Waals surface area contributed by atoms with Crippen LogP contribution in [-0.2, 0) is 6.54 Å². The summed E-state index contributed by atoms with van der Waals surface area (Å²) in [7, 11) is 0. The van der Waals surface area contributed by atoms with Crippen LogP contribution in [0, 0.1) is 6.92 Å². The van der Waals surface area contributed by atoms with Crippen molar-refractivity contribution >= 4 is 5.91 Å². The first kappa shape index (κ1) is 12.0. The number of amides is 1. The number of nitrogens with one attached hydrogen (secondary N) is 2. The molecule has 2 N–H and O–H groups in total. The van der Waals surface area contributed by atoms with E-state index in [1.54, 1.807) is 31.5 Å². The Balaban J connectivity index is 2.06. The van der Waals surface area contributed by atoms with Gasteiger partial charge >= 0.3 is 0 Å². The normalized spacial score (nSPS) is 10.1. The van der Waals surface area contributed by atoms with Crippen LogP contribution in [0.1, 0.15) is 21.6 Å². The van der Waals surface area contributed by atoms with E-state index in [9.17, 15) is 9.59 Å². The van der Waals surface area contributed by atoms with E-state index in [0.717, 1.165) is 11.3 Å². The minimum Gasteiger partial charge on any atom is -0.364 e. The summed E-state index contributed by atoms with van der Waals surface area (Å²) in [5.74, 6) is -0.381. The van der Waals surface area contributed by atoms with Crippen LogP contribution in [0.25, 0.3) is 0 Å². The average Bonchev–Trinajstić information content (AvgIpc) is 2.37. The lowest BCUT2D eigenvalue weighted by atomic mass is 10.2. The number of aryl methyl sites for hydroxylation is 1. The average molecular weight is 243 g/mol. The highest BCUT2D eigenvalue weighted by Crippen LogP contribution is 1.97. The predicted molar refractivity (Wildman–Crippen MR) is 67.2 cm³/mol. The van der Waals surface area contributed by atoms with Crippen LogP contribution in [0.3, 0.4) is 0 Å². The van der Waals surface area contributed by atoms with Crippen molar-refractivity contribution in [2.45, 2.75) is 13.5 Å². The van der Waals surface area contributed by atoms with Gasteiger partial charge in [-0.3, -0.25) is 14.6 Å². The number of carbonyl (C=O) groups excluding carboxylic acids is 1. The molecule has 0 aliphatic heterocycles. The van der Waals surface area contributed by atoms with Crippen molar-refractivity contribution in [3.8, 4) is 0 Å². The summed E-state index contributed by atoms with van der Waals surface area (Å²) in [4.78, 5) is 30.1. The molecule has 2 aromatic heterocycles. The smallest absolute Gasteiger partial charge is 0.257 e. The number of H-pyrrole nitrogens is 1. The number of aromatic nitrogens is 2. The van der Waals surface area contributed by atoms with Gasteiger partial charge in [0.2, 0.25) is 0 Å². The Bertz CT molecular complexity index is 605. The van der Waals surface area contributed by atoms with E-state index in [1.807, 2.05) is 0 Å². The highest BCUT2D eigenvalue weighted by molar-refractivity contribution is 5.93. The van der Waals surface area contributed by atoms with Crippen molar-refractivity contribution in [1.29, 1.82) is 0 Å². The van der Waals surface area contributed by atoms with Crippen molar-refractivity contribution in [3.63, 3.8) is 0 Å². The lowest BCUT2D eigenvalue weighted by molar-refractivity contribution is 0.0949. The molecule has 2 aromatic rings. The zero-order valence-electron chi connectivity index (χ0n) is 9.93. The monoisotopic (exact) mass is 243 g/mol. The molecule has 0 aliphatic carbocycles. The Morgan fingerprint density at radius 3 is 2.78 bits per heavy atom. The maximum atomic E-state index is 11.8. The van der Waals surface area contributed by atoms with Crippen molar-refractivity contribution < 1.29 is 4.79 Å². The first-order valence-electron chi connectivity index (χ1n) is 5.53. The van der Waals surface area contributed by atoms with Crippen LogP contribution < -0.4 is 10.7 Å². The SMILES string of the molecule is Cc1cc(=O)c(C(=O)NCc2ccncc2)c[nH]1. The van der Waals surface area contributed by atoms with E-state index in [-0.39, 0.29) is 16.9 Å². The third kappa shape index (κ3) is 2.82. The van der Waals surface area contributed by atoms with Crippen LogP contribution in [0.15, 0.2) is 41.6 Å². The van der Waals surface area contributed by atoms with Crippen molar-refractivity contribution in [2.24, 2.45) is 0 Å². The molecule has 0 saturated carbocycles. The molecule has 0 aliphatic rings. The van der Waals surface area contributed by atoms with Gasteiger partial charge in [0, 0.05) is 36.9 Å². The fraction of sp³-hybridized carbons (Fsp3) is 0.154. The molecule has 5 heteroatoms. The second kappa shape index (κ2) is 5.27. The third-order valence-electron chi connectivity index (χ3n) is 2.50. The molecule has 0 bridgehead atoms. The lowest BCUT2D eigenvalue weighted by Gasteiger charge is -2.04. The van der Waals surface area contributed by atoms with Crippen LogP contribution >= 0.6 is 0 Å². The summed E-state index contributed by atoms with van der Waals surface area (Å²) < 4.78 is 0. The number of hydrogen-bond donors (Lipinski definition) is 2. The molecular formula is C13H13N3O2. The van der Waals surface area contributed by atoms with E-state index < -0.39 is 0 Å². The molecule has 0 aromatic carbocycles. The number of hydrogen-bond acceptors (Lipinski definition) is 3. The molecule has 1 amide bonds. The summed E-state index contributed by atoms with van der Waals surface area (Å²) in [6.45, 7) is 2.13. The number of rotatable bonds is 3. The highest BCUT2D eigenvalue weighted by atomic mass is 16.2. The quantitative estimate of drug-likeness (QED) is 0.844. The fourth-order valence-electron chi connectivity index (χ4n) is 1.53. The molecule has 0 radical (unpaired) electrons. The van der Waals surface area contributed by atoms with Gasteiger partial charge in [-0.15, -0.1) is 0 Å². The Kier molecular flexibility index (Phi) is 3.52. The van der Waals surface area contributed by atoms with E-state index >= 15 is 0 Å². The Hall–Kier alpha value is -2.43. The van der Waals surface area contributed by atoms with Crippen molar-refractivity contribution in [2.75, 3.05) is 0 Å². The van der Waals surface area contributed by atoms with Gasteiger partial charge in [0.25, 0.3) is 5.91 Å². The van der Waals surface area contributed by atoms with Crippen LogP contribution in [0.2, 0.25) is 0 Å². The minimum absolute atomic E-state index is 0.120. The van der Waals surface area contributed by atoms with Gasteiger partial charge in [-0.1, -0.05) is 0 Å². The Morgan fingerprint density at radius 1 is 1.39 bits per heavy atom. The first-order valence-corrected chi connectivity index (χ1v) is 5.53. The topological polar surface area (TPSA) is 74.8 Å². The van der Waals surface area contributed by atoms with E-state index in [4.69, 9.17) is 0 Å². The van der Waals surface area contributed by atoms with Crippen LogP contribution in [0.5, 0.6) is 0 Å². The Morgan fingerprint density at radius 2 is 2.11 bits per heavy atom. The summed E-state index contributed by atoms with van der Waals surface area (Å²) in [6.07, 6.45) is 4.74. The third-order valence-corrected chi connectivity index (χ3v) is 2.50. The van der Waals surface area contributed by atoms with Gasteiger partial charge in [0.15, 0.2) is 5.43 Å². The molecule has 2 rings (SSSR count). The largest absolute Gasteiger partial charge is 0.364 e. The van der Waals surface area contributed by atoms with Crippen molar-refractivity contribution in [3.05, 3.63) is 63.8 Å². The highest BCUT2D eigenvalue weighted by Gasteiger charge is 2.09. The van der Waals surface area contributed by atoms with E-state index in [0.29, 0.717) is 6.54 Å². The summed E-state index contributed by atoms with van der Waals surface area (Å²) in [5.41, 5.74) is 1.50.